The fraction of sp³-hybridized carbons (Fsp3) is 0.333. The van der Waals surface area contributed by atoms with Crippen molar-refractivity contribution >= 4 is 23.4 Å². The van der Waals surface area contributed by atoms with Crippen LogP contribution in [0.25, 0.3) is 0 Å². The first-order valence-electron chi connectivity index (χ1n) is 7.87. The molecule has 1 atom stereocenters. The summed E-state index contributed by atoms with van der Waals surface area (Å²) in [6.07, 6.45) is 2.25. The number of hydrogen-bond acceptors (Lipinski definition) is 5. The number of rotatable bonds is 6. The van der Waals surface area contributed by atoms with Gasteiger partial charge in [-0.15, -0.1) is 11.8 Å². The number of aliphatic hydroxyl groups is 1. The van der Waals surface area contributed by atoms with E-state index in [0.717, 1.165) is 17.0 Å². The predicted molar refractivity (Wildman–Crippen MR) is 95.0 cm³/mol. The van der Waals surface area contributed by atoms with Crippen molar-refractivity contribution in [2.45, 2.75) is 19.4 Å². The first-order valence-corrected chi connectivity index (χ1v) is 9.03. The predicted octanol–water partition coefficient (Wildman–Crippen LogP) is 2.99. The van der Waals surface area contributed by atoms with Crippen LogP contribution in [0.1, 0.15) is 29.3 Å². The lowest BCUT2D eigenvalue weighted by molar-refractivity contribution is -0.130. The van der Waals surface area contributed by atoms with Gasteiger partial charge in [0, 0.05) is 12.2 Å². The SMILES string of the molecule is Cc1ccc(C2=NN(C(=O)CSCCO)[C@@H](c3ccco3)C2)cc1. The maximum absolute atomic E-state index is 12.5. The summed E-state index contributed by atoms with van der Waals surface area (Å²) in [4.78, 5) is 12.5. The van der Waals surface area contributed by atoms with Gasteiger partial charge >= 0.3 is 0 Å². The molecule has 0 bridgehead atoms. The van der Waals surface area contributed by atoms with Crippen LogP contribution < -0.4 is 0 Å². The van der Waals surface area contributed by atoms with Crippen LogP contribution in [0.4, 0.5) is 0 Å². The molecule has 2 aromatic rings. The summed E-state index contributed by atoms with van der Waals surface area (Å²) in [6.45, 7) is 2.11. The average molecular weight is 344 g/mol. The molecule has 0 fully saturated rings. The van der Waals surface area contributed by atoms with Crippen LogP contribution in [0, 0.1) is 6.92 Å². The molecule has 1 amide bonds. The minimum absolute atomic E-state index is 0.0669. The topological polar surface area (TPSA) is 66.0 Å². The third-order valence-corrected chi connectivity index (χ3v) is 4.81. The summed E-state index contributed by atoms with van der Waals surface area (Å²) in [5.41, 5.74) is 3.10. The van der Waals surface area contributed by atoms with Gasteiger partial charge in [0.15, 0.2) is 0 Å². The van der Waals surface area contributed by atoms with E-state index in [2.05, 4.69) is 5.10 Å². The van der Waals surface area contributed by atoms with Gasteiger partial charge in [0.1, 0.15) is 11.8 Å². The highest BCUT2D eigenvalue weighted by molar-refractivity contribution is 7.99. The Hall–Kier alpha value is -2.05. The average Bonchev–Trinajstić information content (AvgIpc) is 3.25. The molecule has 6 heteroatoms. The number of carbonyl (C=O) groups is 1. The Morgan fingerprint density at radius 1 is 1.38 bits per heavy atom. The number of nitrogens with zero attached hydrogens (tertiary/aromatic N) is 2. The molecule has 0 saturated carbocycles. The fourth-order valence-corrected chi connectivity index (χ4v) is 3.23. The van der Waals surface area contributed by atoms with Crippen molar-refractivity contribution in [1.82, 2.24) is 5.01 Å². The smallest absolute Gasteiger partial charge is 0.253 e. The van der Waals surface area contributed by atoms with E-state index in [4.69, 9.17) is 9.52 Å². The second kappa shape index (κ2) is 7.68. The highest BCUT2D eigenvalue weighted by Crippen LogP contribution is 2.33. The number of hydrogen-bond donors (Lipinski definition) is 1. The normalized spacial score (nSPS) is 17.2. The molecule has 1 aromatic heterocycles. The van der Waals surface area contributed by atoms with Crippen LogP contribution >= 0.6 is 11.8 Å². The Morgan fingerprint density at radius 2 is 2.17 bits per heavy atom. The largest absolute Gasteiger partial charge is 0.467 e. The number of thioether (sulfide) groups is 1. The van der Waals surface area contributed by atoms with Crippen LogP contribution in [-0.4, -0.2) is 39.8 Å². The van der Waals surface area contributed by atoms with Crippen molar-refractivity contribution in [1.29, 1.82) is 0 Å². The molecule has 0 unspecified atom stereocenters. The van der Waals surface area contributed by atoms with Crippen molar-refractivity contribution < 1.29 is 14.3 Å². The van der Waals surface area contributed by atoms with Gasteiger partial charge in [-0.2, -0.15) is 5.10 Å². The maximum Gasteiger partial charge on any atom is 0.253 e. The third kappa shape index (κ3) is 3.71. The summed E-state index contributed by atoms with van der Waals surface area (Å²) in [6, 6.07) is 11.6. The zero-order valence-electron chi connectivity index (χ0n) is 13.5. The van der Waals surface area contributed by atoms with E-state index >= 15 is 0 Å². The van der Waals surface area contributed by atoms with Gasteiger partial charge in [0.25, 0.3) is 5.91 Å². The highest BCUT2D eigenvalue weighted by Gasteiger charge is 2.34. The zero-order chi connectivity index (χ0) is 16.9. The van der Waals surface area contributed by atoms with E-state index < -0.39 is 0 Å². The number of carbonyl (C=O) groups excluding carboxylic acids is 1. The summed E-state index contributed by atoms with van der Waals surface area (Å²) < 4.78 is 5.51. The zero-order valence-corrected chi connectivity index (χ0v) is 14.3. The van der Waals surface area contributed by atoms with E-state index in [1.165, 1.54) is 22.3 Å². The second-order valence-electron chi connectivity index (χ2n) is 5.66. The van der Waals surface area contributed by atoms with Crippen LogP contribution in [-0.2, 0) is 4.79 Å². The summed E-state index contributed by atoms with van der Waals surface area (Å²) in [7, 11) is 0. The van der Waals surface area contributed by atoms with Gasteiger partial charge in [-0.1, -0.05) is 29.8 Å². The van der Waals surface area contributed by atoms with E-state index in [1.54, 1.807) is 6.26 Å². The van der Waals surface area contributed by atoms with Crippen molar-refractivity contribution in [3.63, 3.8) is 0 Å². The lowest BCUT2D eigenvalue weighted by Crippen LogP contribution is -2.28. The van der Waals surface area contributed by atoms with Crippen molar-refractivity contribution in [2.24, 2.45) is 5.10 Å². The molecule has 1 aromatic carbocycles. The van der Waals surface area contributed by atoms with Crippen molar-refractivity contribution in [3.8, 4) is 0 Å². The molecule has 3 rings (SSSR count). The van der Waals surface area contributed by atoms with Gasteiger partial charge < -0.3 is 9.52 Å². The van der Waals surface area contributed by atoms with E-state index in [-0.39, 0.29) is 18.6 Å². The quantitative estimate of drug-likeness (QED) is 0.818. The Morgan fingerprint density at radius 3 is 2.83 bits per heavy atom. The molecule has 0 saturated heterocycles. The first kappa shape index (κ1) is 16.8. The van der Waals surface area contributed by atoms with Crippen LogP contribution in [0.3, 0.4) is 0 Å². The van der Waals surface area contributed by atoms with Gasteiger partial charge in [-0.05, 0) is 24.6 Å². The van der Waals surface area contributed by atoms with Gasteiger partial charge in [-0.3, -0.25) is 4.79 Å². The molecule has 24 heavy (non-hydrogen) atoms. The summed E-state index contributed by atoms with van der Waals surface area (Å²) in [5, 5.41) is 15.0. The standard InChI is InChI=1S/C18H20N2O3S/c1-13-4-6-14(7-5-13)15-11-16(17-3-2-9-23-17)20(19-15)18(22)12-24-10-8-21/h2-7,9,16,21H,8,10-12H2,1H3/t16-/m1/s1. The van der Waals surface area contributed by atoms with E-state index in [9.17, 15) is 4.79 Å². The fourth-order valence-electron chi connectivity index (χ4n) is 2.65. The number of benzene rings is 1. The Kier molecular flexibility index (Phi) is 5.37. The summed E-state index contributed by atoms with van der Waals surface area (Å²) >= 11 is 1.41. The molecule has 1 aliphatic heterocycles. The van der Waals surface area contributed by atoms with E-state index in [0.29, 0.717) is 17.9 Å². The number of furan rings is 1. The maximum atomic E-state index is 12.5. The molecule has 0 radical (unpaired) electrons. The minimum Gasteiger partial charge on any atom is -0.467 e. The van der Waals surface area contributed by atoms with Gasteiger partial charge in [0.05, 0.1) is 24.3 Å². The van der Waals surface area contributed by atoms with Crippen LogP contribution in [0.5, 0.6) is 0 Å². The number of hydrazone groups is 1. The molecule has 1 N–H and O–H groups in total. The molecule has 1 aliphatic rings. The van der Waals surface area contributed by atoms with Crippen molar-refractivity contribution in [3.05, 3.63) is 59.5 Å². The molecular formula is C18H20N2O3S. The molecule has 126 valence electrons. The molecule has 0 spiro atoms. The van der Waals surface area contributed by atoms with Crippen LogP contribution in [0.2, 0.25) is 0 Å². The molecule has 0 aliphatic carbocycles. The highest BCUT2D eigenvalue weighted by atomic mass is 32.2. The Labute approximate surface area is 145 Å². The number of aryl methyl sites for hydroxylation is 1. The Bertz CT molecular complexity index is 710. The second-order valence-corrected chi connectivity index (χ2v) is 6.77. The monoisotopic (exact) mass is 344 g/mol. The van der Waals surface area contributed by atoms with E-state index in [1.807, 2.05) is 43.3 Å². The number of amides is 1. The Balaban J connectivity index is 1.82. The molecular weight excluding hydrogens is 324 g/mol. The number of aliphatic hydroxyl groups excluding tert-OH is 1. The van der Waals surface area contributed by atoms with Crippen molar-refractivity contribution in [2.75, 3.05) is 18.1 Å². The molecule has 2 heterocycles. The van der Waals surface area contributed by atoms with Gasteiger partial charge in [-0.25, -0.2) is 5.01 Å². The van der Waals surface area contributed by atoms with Gasteiger partial charge in [0.2, 0.25) is 0 Å². The third-order valence-electron chi connectivity index (χ3n) is 3.88. The van der Waals surface area contributed by atoms with Crippen LogP contribution in [0.15, 0.2) is 52.2 Å². The first-order chi connectivity index (χ1) is 11.7. The minimum atomic E-state index is -0.210. The lowest BCUT2D eigenvalue weighted by Gasteiger charge is -2.19. The summed E-state index contributed by atoms with van der Waals surface area (Å²) in [5.74, 6) is 1.50. The molecule has 5 nitrogen and oxygen atoms in total. The lowest BCUT2D eigenvalue weighted by atomic mass is 10.0.